The molecular formula is C15H28N2O. The molecule has 0 aromatic rings. The van der Waals surface area contributed by atoms with Crippen LogP contribution in [-0.4, -0.2) is 49.8 Å². The van der Waals surface area contributed by atoms with Crippen molar-refractivity contribution >= 4 is 0 Å². The number of ether oxygens (including phenoxy) is 1. The van der Waals surface area contributed by atoms with Crippen LogP contribution >= 0.6 is 0 Å². The van der Waals surface area contributed by atoms with Crippen LogP contribution in [0, 0.1) is 5.92 Å². The smallest absolute Gasteiger partial charge is 0.0603 e. The molecule has 0 unspecified atom stereocenters. The molecule has 1 N–H and O–H groups in total. The third-order valence-corrected chi connectivity index (χ3v) is 4.95. The molecule has 18 heavy (non-hydrogen) atoms. The average Bonchev–Trinajstić information content (AvgIpc) is 2.37. The largest absolute Gasteiger partial charge is 0.375 e. The molecule has 0 bridgehead atoms. The van der Waals surface area contributed by atoms with Crippen LogP contribution in [0.25, 0.3) is 0 Å². The second kappa shape index (κ2) is 6.36. The molecule has 1 aliphatic carbocycles. The SMILES string of the molecule is C1CC(OC2CCN(CC3CCNCC3)CC2)C1. The normalized spacial score (nSPS) is 29.3. The maximum atomic E-state index is 6.13. The molecule has 3 fully saturated rings. The van der Waals surface area contributed by atoms with Crippen molar-refractivity contribution in [1.82, 2.24) is 10.2 Å². The van der Waals surface area contributed by atoms with E-state index in [1.165, 1.54) is 77.7 Å². The molecule has 0 amide bonds. The van der Waals surface area contributed by atoms with E-state index in [1.54, 1.807) is 0 Å². The number of piperidine rings is 2. The summed E-state index contributed by atoms with van der Waals surface area (Å²) in [5, 5.41) is 3.45. The van der Waals surface area contributed by atoms with Crippen molar-refractivity contribution in [2.75, 3.05) is 32.7 Å². The maximum absolute atomic E-state index is 6.13. The van der Waals surface area contributed by atoms with Crippen molar-refractivity contribution < 1.29 is 4.74 Å². The van der Waals surface area contributed by atoms with Crippen LogP contribution in [0.15, 0.2) is 0 Å². The Morgan fingerprint density at radius 3 is 2.17 bits per heavy atom. The van der Waals surface area contributed by atoms with Crippen molar-refractivity contribution in [3.63, 3.8) is 0 Å². The van der Waals surface area contributed by atoms with E-state index in [9.17, 15) is 0 Å². The fourth-order valence-electron chi connectivity index (χ4n) is 3.44. The van der Waals surface area contributed by atoms with Gasteiger partial charge in [0.25, 0.3) is 0 Å². The molecule has 2 saturated heterocycles. The van der Waals surface area contributed by atoms with E-state index < -0.39 is 0 Å². The summed E-state index contributed by atoms with van der Waals surface area (Å²) in [5.74, 6) is 0.940. The first-order valence-electron chi connectivity index (χ1n) is 7.98. The van der Waals surface area contributed by atoms with Gasteiger partial charge in [-0.3, -0.25) is 0 Å². The lowest BCUT2D eigenvalue weighted by Crippen LogP contribution is -2.43. The number of hydrogen-bond donors (Lipinski definition) is 1. The van der Waals surface area contributed by atoms with E-state index in [1.807, 2.05) is 0 Å². The second-order valence-corrected chi connectivity index (χ2v) is 6.38. The zero-order valence-electron chi connectivity index (χ0n) is 11.6. The Morgan fingerprint density at radius 1 is 0.889 bits per heavy atom. The van der Waals surface area contributed by atoms with E-state index in [4.69, 9.17) is 4.74 Å². The first kappa shape index (κ1) is 12.9. The number of nitrogens with zero attached hydrogens (tertiary/aromatic N) is 1. The molecule has 104 valence electrons. The van der Waals surface area contributed by atoms with E-state index in [2.05, 4.69) is 10.2 Å². The molecule has 3 aliphatic rings. The number of rotatable bonds is 4. The van der Waals surface area contributed by atoms with Crippen LogP contribution in [0.2, 0.25) is 0 Å². The lowest BCUT2D eigenvalue weighted by atomic mass is 9.94. The van der Waals surface area contributed by atoms with Gasteiger partial charge < -0.3 is 15.0 Å². The lowest BCUT2D eigenvalue weighted by Gasteiger charge is -2.38. The van der Waals surface area contributed by atoms with Gasteiger partial charge in [0.2, 0.25) is 0 Å². The van der Waals surface area contributed by atoms with Crippen LogP contribution in [0.1, 0.15) is 44.9 Å². The van der Waals surface area contributed by atoms with Gasteiger partial charge in [0.1, 0.15) is 0 Å². The molecule has 0 spiro atoms. The van der Waals surface area contributed by atoms with Crippen molar-refractivity contribution in [1.29, 1.82) is 0 Å². The predicted octanol–water partition coefficient (Wildman–Crippen LogP) is 2.02. The summed E-state index contributed by atoms with van der Waals surface area (Å²) in [6, 6.07) is 0. The van der Waals surface area contributed by atoms with E-state index in [-0.39, 0.29) is 0 Å². The van der Waals surface area contributed by atoms with Crippen LogP contribution in [0.4, 0.5) is 0 Å². The monoisotopic (exact) mass is 252 g/mol. The third kappa shape index (κ3) is 3.46. The highest BCUT2D eigenvalue weighted by Gasteiger charge is 2.27. The summed E-state index contributed by atoms with van der Waals surface area (Å²) in [7, 11) is 0. The zero-order chi connectivity index (χ0) is 12.2. The average molecular weight is 252 g/mol. The minimum atomic E-state index is 0.569. The van der Waals surface area contributed by atoms with Crippen molar-refractivity contribution in [3.8, 4) is 0 Å². The predicted molar refractivity (Wildman–Crippen MR) is 73.8 cm³/mol. The molecule has 2 aliphatic heterocycles. The van der Waals surface area contributed by atoms with Gasteiger partial charge in [-0.05, 0) is 64.0 Å². The molecule has 2 heterocycles. The van der Waals surface area contributed by atoms with E-state index >= 15 is 0 Å². The Balaban J connectivity index is 1.34. The van der Waals surface area contributed by atoms with E-state index in [0.717, 1.165) is 5.92 Å². The molecule has 3 heteroatoms. The first-order chi connectivity index (χ1) is 8.90. The number of hydrogen-bond acceptors (Lipinski definition) is 3. The standard InChI is InChI=1S/C15H28N2O/c1-2-14(3-1)18-15-6-10-17(11-7-15)12-13-4-8-16-9-5-13/h13-16H,1-12H2. The minimum Gasteiger partial charge on any atom is -0.375 e. The topological polar surface area (TPSA) is 24.5 Å². The third-order valence-electron chi connectivity index (χ3n) is 4.95. The Morgan fingerprint density at radius 2 is 1.56 bits per heavy atom. The Bertz CT molecular complexity index is 241. The van der Waals surface area contributed by atoms with Gasteiger partial charge >= 0.3 is 0 Å². The highest BCUT2D eigenvalue weighted by molar-refractivity contribution is 4.79. The number of nitrogens with one attached hydrogen (secondary N) is 1. The summed E-state index contributed by atoms with van der Waals surface area (Å²) in [5.41, 5.74) is 0. The van der Waals surface area contributed by atoms with Gasteiger partial charge in [-0.25, -0.2) is 0 Å². The van der Waals surface area contributed by atoms with Gasteiger partial charge in [-0.15, -0.1) is 0 Å². The summed E-state index contributed by atoms with van der Waals surface area (Å²) >= 11 is 0. The number of likely N-dealkylation sites (tertiary alicyclic amines) is 1. The summed E-state index contributed by atoms with van der Waals surface area (Å²) < 4.78 is 6.13. The van der Waals surface area contributed by atoms with Gasteiger partial charge in [0.15, 0.2) is 0 Å². The van der Waals surface area contributed by atoms with Gasteiger partial charge in [0, 0.05) is 19.6 Å². The fourth-order valence-corrected chi connectivity index (χ4v) is 3.44. The minimum absolute atomic E-state index is 0.569. The van der Waals surface area contributed by atoms with Crippen LogP contribution in [-0.2, 0) is 4.74 Å². The lowest BCUT2D eigenvalue weighted by molar-refractivity contribution is -0.0745. The second-order valence-electron chi connectivity index (χ2n) is 6.38. The zero-order valence-corrected chi connectivity index (χ0v) is 11.6. The molecule has 3 nitrogen and oxygen atoms in total. The molecule has 0 aromatic heterocycles. The van der Waals surface area contributed by atoms with Crippen molar-refractivity contribution in [3.05, 3.63) is 0 Å². The van der Waals surface area contributed by atoms with Crippen LogP contribution < -0.4 is 5.32 Å². The molecule has 0 radical (unpaired) electrons. The quantitative estimate of drug-likeness (QED) is 0.828. The summed E-state index contributed by atoms with van der Waals surface area (Å²) in [4.78, 5) is 2.68. The van der Waals surface area contributed by atoms with Crippen molar-refractivity contribution in [2.45, 2.75) is 57.2 Å². The molecule has 1 saturated carbocycles. The molecule has 0 aromatic carbocycles. The highest BCUT2D eigenvalue weighted by atomic mass is 16.5. The fraction of sp³-hybridized carbons (Fsp3) is 1.00. The Hall–Kier alpha value is -0.120. The van der Waals surface area contributed by atoms with Gasteiger partial charge in [0.05, 0.1) is 12.2 Å². The van der Waals surface area contributed by atoms with Crippen LogP contribution in [0.3, 0.4) is 0 Å². The summed E-state index contributed by atoms with van der Waals surface area (Å²) in [6.45, 7) is 6.32. The molecule has 0 atom stereocenters. The molecular weight excluding hydrogens is 224 g/mol. The highest BCUT2D eigenvalue weighted by Crippen LogP contribution is 2.27. The van der Waals surface area contributed by atoms with Gasteiger partial charge in [-0.1, -0.05) is 0 Å². The maximum Gasteiger partial charge on any atom is 0.0603 e. The Labute approximate surface area is 111 Å². The molecule has 3 rings (SSSR count). The van der Waals surface area contributed by atoms with Gasteiger partial charge in [-0.2, -0.15) is 0 Å². The Kier molecular flexibility index (Phi) is 4.55. The summed E-state index contributed by atoms with van der Waals surface area (Å²) in [6.07, 6.45) is 10.5. The van der Waals surface area contributed by atoms with Crippen LogP contribution in [0.5, 0.6) is 0 Å². The van der Waals surface area contributed by atoms with Crippen molar-refractivity contribution in [2.24, 2.45) is 5.92 Å². The van der Waals surface area contributed by atoms with E-state index in [0.29, 0.717) is 12.2 Å². The first-order valence-corrected chi connectivity index (χ1v) is 7.98.